The van der Waals surface area contributed by atoms with Crippen molar-refractivity contribution >= 4 is 23.4 Å². The van der Waals surface area contributed by atoms with Gasteiger partial charge in [-0.2, -0.15) is 0 Å². The number of methoxy groups -OCH3 is 1. The third-order valence-electron chi connectivity index (χ3n) is 7.60. The van der Waals surface area contributed by atoms with E-state index in [1.165, 1.54) is 7.05 Å². The van der Waals surface area contributed by atoms with Gasteiger partial charge in [-0.1, -0.05) is 66.7 Å². The lowest BCUT2D eigenvalue weighted by molar-refractivity contribution is -0.141. The number of para-hydroxylation sites is 2. The first kappa shape index (κ1) is 24.6. The van der Waals surface area contributed by atoms with Crippen molar-refractivity contribution in [1.82, 2.24) is 9.80 Å². The van der Waals surface area contributed by atoms with Crippen LogP contribution in [0.3, 0.4) is 0 Å². The van der Waals surface area contributed by atoms with Crippen LogP contribution in [-0.2, 0) is 19.8 Å². The summed E-state index contributed by atoms with van der Waals surface area (Å²) in [7, 11) is 3.16. The molecule has 0 spiro atoms. The number of hydrogen-bond donors (Lipinski definition) is 0. The predicted octanol–water partition coefficient (Wildman–Crippen LogP) is 3.73. The maximum atomic E-state index is 13.5. The average molecular weight is 498 g/mol. The predicted molar refractivity (Wildman–Crippen MR) is 142 cm³/mol. The van der Waals surface area contributed by atoms with E-state index in [2.05, 4.69) is 4.90 Å². The molecule has 3 aromatic carbocycles. The standard InChI is InChI=1S/C30H31N3O4/c1-31-27(34)20-30(29(31)36,24-14-12-23(13-15-24)22-8-4-3-5-9-22)21-28(35)33-18-16-32(17-19-33)25-10-6-7-11-26(25)37-2/h3-15H,16-21H2,1-2H3/t30-/m1/s1. The topological polar surface area (TPSA) is 70.2 Å². The molecule has 3 amide bonds. The van der Waals surface area contributed by atoms with E-state index in [0.29, 0.717) is 31.7 Å². The third kappa shape index (κ3) is 4.57. The molecule has 2 heterocycles. The number of hydrogen-bond acceptors (Lipinski definition) is 5. The van der Waals surface area contributed by atoms with Gasteiger partial charge in [-0.15, -0.1) is 0 Å². The molecule has 0 radical (unpaired) electrons. The second kappa shape index (κ2) is 10.1. The van der Waals surface area contributed by atoms with Gasteiger partial charge in [0.1, 0.15) is 5.75 Å². The van der Waals surface area contributed by atoms with Gasteiger partial charge in [-0.3, -0.25) is 19.3 Å². The number of benzene rings is 3. The van der Waals surface area contributed by atoms with E-state index in [0.717, 1.165) is 27.5 Å². The molecule has 1 atom stereocenters. The van der Waals surface area contributed by atoms with E-state index in [1.54, 1.807) is 7.11 Å². The van der Waals surface area contributed by atoms with Crippen molar-refractivity contribution in [2.24, 2.45) is 0 Å². The second-order valence-electron chi connectivity index (χ2n) is 9.68. The summed E-state index contributed by atoms with van der Waals surface area (Å²) in [4.78, 5) is 44.8. The van der Waals surface area contributed by atoms with Crippen LogP contribution in [0.2, 0.25) is 0 Å². The largest absolute Gasteiger partial charge is 0.495 e. The zero-order valence-corrected chi connectivity index (χ0v) is 21.2. The van der Waals surface area contributed by atoms with E-state index < -0.39 is 5.41 Å². The Morgan fingerprint density at radius 1 is 0.838 bits per heavy atom. The Hall–Kier alpha value is -4.13. The van der Waals surface area contributed by atoms with Crippen molar-refractivity contribution < 1.29 is 19.1 Å². The Labute approximate surface area is 217 Å². The van der Waals surface area contributed by atoms with Gasteiger partial charge in [0.25, 0.3) is 0 Å². The highest BCUT2D eigenvalue weighted by molar-refractivity contribution is 6.10. The number of amides is 3. The van der Waals surface area contributed by atoms with Gasteiger partial charge in [0.15, 0.2) is 0 Å². The Kier molecular flexibility index (Phi) is 6.70. The molecule has 7 heteroatoms. The van der Waals surface area contributed by atoms with E-state index in [1.807, 2.05) is 83.8 Å². The van der Waals surface area contributed by atoms with Crippen LogP contribution in [-0.4, -0.2) is 67.9 Å². The van der Waals surface area contributed by atoms with Crippen molar-refractivity contribution in [3.63, 3.8) is 0 Å². The first-order valence-electron chi connectivity index (χ1n) is 12.6. The number of likely N-dealkylation sites (tertiary alicyclic amines) is 1. The van der Waals surface area contributed by atoms with Crippen LogP contribution < -0.4 is 9.64 Å². The fraction of sp³-hybridized carbons (Fsp3) is 0.300. The van der Waals surface area contributed by atoms with Gasteiger partial charge >= 0.3 is 0 Å². The van der Waals surface area contributed by atoms with E-state index in [4.69, 9.17) is 4.74 Å². The van der Waals surface area contributed by atoms with E-state index >= 15 is 0 Å². The molecule has 0 saturated carbocycles. The van der Waals surface area contributed by atoms with E-state index in [-0.39, 0.29) is 30.6 Å². The van der Waals surface area contributed by atoms with Gasteiger partial charge in [0.2, 0.25) is 17.7 Å². The fourth-order valence-electron chi connectivity index (χ4n) is 5.42. The zero-order valence-electron chi connectivity index (χ0n) is 21.2. The summed E-state index contributed by atoms with van der Waals surface area (Å²) in [5.74, 6) is 0.124. The van der Waals surface area contributed by atoms with Gasteiger partial charge in [0.05, 0.1) is 18.2 Å². The molecule has 7 nitrogen and oxygen atoms in total. The maximum absolute atomic E-state index is 13.5. The lowest BCUT2D eigenvalue weighted by Gasteiger charge is -2.38. The van der Waals surface area contributed by atoms with Gasteiger partial charge in [0, 0.05) is 46.1 Å². The number of imide groups is 1. The molecule has 0 N–H and O–H groups in total. The minimum atomic E-state index is -1.18. The van der Waals surface area contributed by atoms with E-state index in [9.17, 15) is 14.4 Å². The third-order valence-corrected chi connectivity index (χ3v) is 7.60. The molecule has 0 unspecified atom stereocenters. The number of likely N-dealkylation sites (N-methyl/N-ethyl adjacent to an activating group) is 1. The SMILES string of the molecule is COc1ccccc1N1CCN(C(=O)C[C@@]2(c3ccc(-c4ccccc4)cc3)CC(=O)N(C)C2=O)CC1. The van der Waals surface area contributed by atoms with Crippen LogP contribution in [0.1, 0.15) is 18.4 Å². The Morgan fingerprint density at radius 3 is 2.08 bits per heavy atom. The Bertz CT molecular complexity index is 1300. The quantitative estimate of drug-likeness (QED) is 0.486. The van der Waals surface area contributed by atoms with Crippen molar-refractivity contribution in [3.05, 3.63) is 84.4 Å². The number of rotatable bonds is 6. The number of carbonyl (C=O) groups is 3. The maximum Gasteiger partial charge on any atom is 0.240 e. The van der Waals surface area contributed by atoms with Crippen molar-refractivity contribution in [2.75, 3.05) is 45.2 Å². The van der Waals surface area contributed by atoms with Crippen LogP contribution >= 0.6 is 0 Å². The number of carbonyl (C=O) groups excluding carboxylic acids is 3. The van der Waals surface area contributed by atoms with Crippen LogP contribution in [0.5, 0.6) is 5.75 Å². The first-order valence-corrected chi connectivity index (χ1v) is 12.6. The second-order valence-corrected chi connectivity index (χ2v) is 9.68. The summed E-state index contributed by atoms with van der Waals surface area (Å²) in [5.41, 5.74) is 2.61. The molecule has 2 aliphatic rings. The number of anilines is 1. The summed E-state index contributed by atoms with van der Waals surface area (Å²) in [6.07, 6.45) is -0.0266. The molecule has 0 bridgehead atoms. The summed E-state index contributed by atoms with van der Waals surface area (Å²) >= 11 is 0. The van der Waals surface area contributed by atoms with Gasteiger partial charge in [-0.25, -0.2) is 0 Å². The Morgan fingerprint density at radius 2 is 1.46 bits per heavy atom. The lowest BCUT2D eigenvalue weighted by atomic mass is 9.75. The molecule has 5 rings (SSSR count). The molecule has 2 saturated heterocycles. The highest BCUT2D eigenvalue weighted by Gasteiger charge is 2.53. The minimum Gasteiger partial charge on any atom is -0.495 e. The highest BCUT2D eigenvalue weighted by Crippen LogP contribution is 2.40. The number of piperazine rings is 1. The van der Waals surface area contributed by atoms with Crippen LogP contribution in [0, 0.1) is 0 Å². The summed E-state index contributed by atoms with van der Waals surface area (Å²) in [6.45, 7) is 2.41. The smallest absolute Gasteiger partial charge is 0.240 e. The number of ether oxygens (including phenoxy) is 1. The first-order chi connectivity index (χ1) is 17.9. The molecule has 3 aromatic rings. The van der Waals surface area contributed by atoms with Gasteiger partial charge in [-0.05, 0) is 28.8 Å². The van der Waals surface area contributed by atoms with Crippen LogP contribution in [0.4, 0.5) is 5.69 Å². The molecular weight excluding hydrogens is 466 g/mol. The van der Waals surface area contributed by atoms with Crippen molar-refractivity contribution in [2.45, 2.75) is 18.3 Å². The normalized spacial score (nSPS) is 19.9. The average Bonchev–Trinajstić information content (AvgIpc) is 3.17. The monoisotopic (exact) mass is 497 g/mol. The van der Waals surface area contributed by atoms with Crippen molar-refractivity contribution in [1.29, 1.82) is 0 Å². The fourth-order valence-corrected chi connectivity index (χ4v) is 5.42. The van der Waals surface area contributed by atoms with Crippen LogP contribution in [0.25, 0.3) is 11.1 Å². The molecule has 2 fully saturated rings. The highest BCUT2D eigenvalue weighted by atomic mass is 16.5. The Balaban J connectivity index is 1.35. The summed E-state index contributed by atoms with van der Waals surface area (Å²) < 4.78 is 5.50. The van der Waals surface area contributed by atoms with Crippen molar-refractivity contribution in [3.8, 4) is 16.9 Å². The molecule has 0 aliphatic carbocycles. The molecule has 190 valence electrons. The summed E-state index contributed by atoms with van der Waals surface area (Å²) in [5, 5.41) is 0. The molecule has 0 aromatic heterocycles. The zero-order chi connectivity index (χ0) is 26.0. The lowest BCUT2D eigenvalue weighted by Crippen LogP contribution is -2.51. The minimum absolute atomic E-state index is 0.0000633. The molecule has 37 heavy (non-hydrogen) atoms. The van der Waals surface area contributed by atoms with Gasteiger partial charge < -0.3 is 14.5 Å². The van der Waals surface area contributed by atoms with Crippen LogP contribution in [0.15, 0.2) is 78.9 Å². The number of nitrogens with zero attached hydrogens (tertiary/aromatic N) is 3. The molecular formula is C30H31N3O4. The molecule has 2 aliphatic heterocycles. The summed E-state index contributed by atoms with van der Waals surface area (Å²) in [6, 6.07) is 25.5.